The van der Waals surface area contributed by atoms with Crippen LogP contribution in [0.25, 0.3) is 0 Å². The highest BCUT2D eigenvalue weighted by atomic mass is 127. The molecule has 0 saturated carbocycles. The summed E-state index contributed by atoms with van der Waals surface area (Å²) in [5.41, 5.74) is 0.580. The van der Waals surface area contributed by atoms with Crippen molar-refractivity contribution in [3.8, 4) is 0 Å². The van der Waals surface area contributed by atoms with E-state index >= 15 is 0 Å². The molecule has 0 saturated heterocycles. The van der Waals surface area contributed by atoms with Crippen molar-refractivity contribution in [2.24, 2.45) is 0 Å². The van der Waals surface area contributed by atoms with Gasteiger partial charge >= 0.3 is 0 Å². The highest BCUT2D eigenvalue weighted by molar-refractivity contribution is 14.1. The van der Waals surface area contributed by atoms with Gasteiger partial charge in [0.15, 0.2) is 0 Å². The Balaban J connectivity index is 2.65. The Hall–Kier alpha value is -0.670. The maximum atomic E-state index is 11.9. The summed E-state index contributed by atoms with van der Waals surface area (Å²) in [4.78, 5) is 11.1. The van der Waals surface area contributed by atoms with E-state index in [0.29, 0.717) is 12.2 Å². The highest BCUT2D eigenvalue weighted by Crippen LogP contribution is 2.13. The second-order valence-electron chi connectivity index (χ2n) is 4.00. The van der Waals surface area contributed by atoms with Crippen LogP contribution < -0.4 is 10.0 Å². The van der Waals surface area contributed by atoms with Gasteiger partial charge in [0, 0.05) is 19.2 Å². The van der Waals surface area contributed by atoms with Gasteiger partial charge in [-0.05, 0) is 41.5 Å². The first-order valence-electron chi connectivity index (χ1n) is 5.89. The second kappa shape index (κ2) is 7.81. The summed E-state index contributed by atoms with van der Waals surface area (Å²) in [7, 11) is -3.45. The van der Waals surface area contributed by atoms with E-state index in [9.17, 15) is 13.2 Å². The van der Waals surface area contributed by atoms with Crippen LogP contribution in [0.1, 0.15) is 19.8 Å². The number of unbranched alkanes of at least 4 members (excludes halogenated alkanes) is 1. The number of rotatable bonds is 7. The zero-order chi connectivity index (χ0) is 14.3. The minimum Gasteiger partial charge on any atom is -0.326 e. The molecule has 7 heteroatoms. The normalized spacial score (nSPS) is 11.3. The number of halogens is 1. The minimum absolute atomic E-state index is 0.187. The van der Waals surface area contributed by atoms with Crippen LogP contribution >= 0.6 is 22.6 Å². The Morgan fingerprint density at radius 1 is 1.21 bits per heavy atom. The Morgan fingerprint density at radius 3 is 2.37 bits per heavy atom. The van der Waals surface area contributed by atoms with E-state index in [1.54, 1.807) is 12.1 Å². The SMILES string of the molecule is CC(=O)Nc1ccc(S(=O)(=O)NCCCCI)cc1. The third-order valence-electron chi connectivity index (χ3n) is 2.34. The maximum absolute atomic E-state index is 11.9. The van der Waals surface area contributed by atoms with Crippen molar-refractivity contribution in [3.05, 3.63) is 24.3 Å². The maximum Gasteiger partial charge on any atom is 0.240 e. The zero-order valence-electron chi connectivity index (χ0n) is 10.6. The Bertz CT molecular complexity index is 514. The molecule has 0 fully saturated rings. The van der Waals surface area contributed by atoms with Gasteiger partial charge in [0.1, 0.15) is 0 Å². The topological polar surface area (TPSA) is 75.3 Å². The lowest BCUT2D eigenvalue weighted by atomic mass is 10.3. The molecule has 19 heavy (non-hydrogen) atoms. The van der Waals surface area contributed by atoms with Gasteiger partial charge in [-0.15, -0.1) is 0 Å². The molecular weight excluding hydrogens is 379 g/mol. The summed E-state index contributed by atoms with van der Waals surface area (Å²) in [6, 6.07) is 6.10. The first kappa shape index (κ1) is 16.4. The molecule has 106 valence electrons. The van der Waals surface area contributed by atoms with E-state index in [0.717, 1.165) is 17.3 Å². The fourth-order valence-corrected chi connectivity index (χ4v) is 3.04. The zero-order valence-corrected chi connectivity index (χ0v) is 13.6. The predicted molar refractivity (Wildman–Crippen MR) is 84.1 cm³/mol. The quantitative estimate of drug-likeness (QED) is 0.421. The summed E-state index contributed by atoms with van der Waals surface area (Å²) in [6.45, 7) is 1.85. The number of nitrogens with one attached hydrogen (secondary N) is 2. The fourth-order valence-electron chi connectivity index (χ4n) is 1.43. The smallest absolute Gasteiger partial charge is 0.240 e. The van der Waals surface area contributed by atoms with Crippen molar-refractivity contribution in [2.75, 3.05) is 16.3 Å². The monoisotopic (exact) mass is 396 g/mol. The average molecular weight is 396 g/mol. The van der Waals surface area contributed by atoms with E-state index in [1.165, 1.54) is 19.1 Å². The first-order valence-corrected chi connectivity index (χ1v) is 8.90. The van der Waals surface area contributed by atoms with Crippen LogP contribution in [0.3, 0.4) is 0 Å². The van der Waals surface area contributed by atoms with Gasteiger partial charge in [0.25, 0.3) is 0 Å². The van der Waals surface area contributed by atoms with Crippen LogP contribution in [0.4, 0.5) is 5.69 Å². The predicted octanol–water partition coefficient (Wildman–Crippen LogP) is 2.14. The number of hydrogen-bond acceptors (Lipinski definition) is 3. The lowest BCUT2D eigenvalue weighted by molar-refractivity contribution is -0.114. The van der Waals surface area contributed by atoms with Gasteiger partial charge in [-0.2, -0.15) is 0 Å². The molecule has 2 N–H and O–H groups in total. The summed E-state index contributed by atoms with van der Waals surface area (Å²) in [5, 5.41) is 2.59. The number of carbonyl (C=O) groups is 1. The number of hydrogen-bond donors (Lipinski definition) is 2. The molecule has 1 aromatic carbocycles. The Morgan fingerprint density at radius 2 is 1.84 bits per heavy atom. The summed E-state index contributed by atoms with van der Waals surface area (Å²) in [6.07, 6.45) is 1.82. The van der Waals surface area contributed by atoms with E-state index in [1.807, 2.05) is 0 Å². The van der Waals surface area contributed by atoms with Gasteiger partial charge < -0.3 is 5.32 Å². The van der Waals surface area contributed by atoms with Crippen molar-refractivity contribution in [2.45, 2.75) is 24.7 Å². The molecule has 1 rings (SSSR count). The average Bonchev–Trinajstić information content (AvgIpc) is 2.35. The van der Waals surface area contributed by atoms with Gasteiger partial charge in [-0.25, -0.2) is 13.1 Å². The highest BCUT2D eigenvalue weighted by Gasteiger charge is 2.12. The molecular formula is C12H17IN2O3S. The summed E-state index contributed by atoms with van der Waals surface area (Å²) in [5.74, 6) is -0.187. The molecule has 1 amide bonds. The Kier molecular flexibility index (Phi) is 6.73. The van der Waals surface area contributed by atoms with E-state index in [2.05, 4.69) is 32.6 Å². The lowest BCUT2D eigenvalue weighted by Gasteiger charge is -2.07. The van der Waals surface area contributed by atoms with Crippen LogP contribution in [0, 0.1) is 0 Å². The number of amides is 1. The summed E-state index contributed by atoms with van der Waals surface area (Å²) >= 11 is 2.26. The van der Waals surface area contributed by atoms with Crippen LogP contribution in [0.15, 0.2) is 29.2 Å². The van der Waals surface area contributed by atoms with Crippen LogP contribution in [0.2, 0.25) is 0 Å². The lowest BCUT2D eigenvalue weighted by Crippen LogP contribution is -2.24. The molecule has 1 aromatic rings. The Labute approximate surface area is 127 Å². The number of alkyl halides is 1. The van der Waals surface area contributed by atoms with E-state index in [-0.39, 0.29) is 10.8 Å². The molecule has 0 aromatic heterocycles. The van der Waals surface area contributed by atoms with Gasteiger partial charge in [-0.1, -0.05) is 22.6 Å². The first-order chi connectivity index (χ1) is 8.95. The van der Waals surface area contributed by atoms with Crippen LogP contribution in [-0.4, -0.2) is 25.3 Å². The van der Waals surface area contributed by atoms with E-state index < -0.39 is 10.0 Å². The molecule has 0 spiro atoms. The van der Waals surface area contributed by atoms with Crippen LogP contribution in [0.5, 0.6) is 0 Å². The van der Waals surface area contributed by atoms with Crippen molar-refractivity contribution in [1.82, 2.24) is 4.72 Å². The molecule has 0 radical (unpaired) electrons. The molecule has 0 aliphatic carbocycles. The minimum atomic E-state index is -3.45. The van der Waals surface area contributed by atoms with Crippen molar-refractivity contribution >= 4 is 44.2 Å². The third kappa shape index (κ3) is 5.87. The molecule has 0 aliphatic heterocycles. The molecule has 0 aliphatic rings. The molecule has 0 heterocycles. The van der Waals surface area contributed by atoms with Crippen LogP contribution in [-0.2, 0) is 14.8 Å². The number of sulfonamides is 1. The largest absolute Gasteiger partial charge is 0.326 e. The second-order valence-corrected chi connectivity index (χ2v) is 6.85. The molecule has 0 bridgehead atoms. The van der Waals surface area contributed by atoms with Gasteiger partial charge in [0.05, 0.1) is 4.90 Å². The standard InChI is InChI=1S/C12H17IN2O3S/c1-10(16)15-11-4-6-12(7-5-11)19(17,18)14-9-3-2-8-13/h4-7,14H,2-3,8-9H2,1H3,(H,15,16). The van der Waals surface area contributed by atoms with Crippen molar-refractivity contribution < 1.29 is 13.2 Å². The molecule has 0 unspecified atom stereocenters. The van der Waals surface area contributed by atoms with E-state index in [4.69, 9.17) is 0 Å². The third-order valence-corrected chi connectivity index (χ3v) is 4.58. The molecule has 0 atom stereocenters. The fraction of sp³-hybridized carbons (Fsp3) is 0.417. The summed E-state index contributed by atoms with van der Waals surface area (Å²) < 4.78 is 27.4. The van der Waals surface area contributed by atoms with Crippen molar-refractivity contribution in [3.63, 3.8) is 0 Å². The molecule has 5 nitrogen and oxygen atoms in total. The van der Waals surface area contributed by atoms with Gasteiger partial charge in [-0.3, -0.25) is 4.79 Å². The van der Waals surface area contributed by atoms with Crippen molar-refractivity contribution in [1.29, 1.82) is 0 Å². The number of anilines is 1. The number of carbonyl (C=O) groups excluding carboxylic acids is 1. The van der Waals surface area contributed by atoms with Gasteiger partial charge in [0.2, 0.25) is 15.9 Å². The number of benzene rings is 1.